The molecular formula is C28H30O6. The fourth-order valence-corrected chi connectivity index (χ4v) is 3.33. The van der Waals surface area contributed by atoms with Gasteiger partial charge in [-0.1, -0.05) is 42.5 Å². The zero-order valence-corrected chi connectivity index (χ0v) is 19.6. The van der Waals surface area contributed by atoms with Crippen LogP contribution in [0.2, 0.25) is 0 Å². The van der Waals surface area contributed by atoms with Crippen molar-refractivity contribution in [2.24, 2.45) is 0 Å². The smallest absolute Gasteiger partial charge is 0.335 e. The molecule has 0 N–H and O–H groups in total. The molecule has 0 aliphatic carbocycles. The van der Waals surface area contributed by atoms with Crippen molar-refractivity contribution in [3.05, 3.63) is 90.0 Å². The third-order valence-electron chi connectivity index (χ3n) is 5.15. The van der Waals surface area contributed by atoms with Crippen LogP contribution in [0.1, 0.15) is 35.7 Å². The summed E-state index contributed by atoms with van der Waals surface area (Å²) in [5.41, 5.74) is 1.54. The van der Waals surface area contributed by atoms with Crippen LogP contribution in [-0.2, 0) is 20.7 Å². The molecule has 3 aromatic carbocycles. The molecule has 3 rings (SSSR count). The molecule has 0 saturated carbocycles. The Kier molecular flexibility index (Phi) is 9.67. The number of esters is 1. The molecule has 0 aliphatic heterocycles. The number of carbonyl (C=O) groups excluding carboxylic acids is 2. The Hall–Kier alpha value is -3.64. The van der Waals surface area contributed by atoms with Crippen molar-refractivity contribution in [2.45, 2.75) is 32.3 Å². The van der Waals surface area contributed by atoms with Gasteiger partial charge in [-0.05, 0) is 55.3 Å². The fraction of sp³-hybridized carbons (Fsp3) is 0.286. The Labute approximate surface area is 200 Å². The molecular weight excluding hydrogens is 432 g/mol. The van der Waals surface area contributed by atoms with E-state index in [-0.39, 0.29) is 11.8 Å². The normalized spacial score (nSPS) is 11.5. The first-order valence-electron chi connectivity index (χ1n) is 11.4. The van der Waals surface area contributed by atoms with Gasteiger partial charge in [0.1, 0.15) is 17.2 Å². The lowest BCUT2D eigenvalue weighted by atomic mass is 10.0. The molecule has 178 valence electrons. The summed E-state index contributed by atoms with van der Waals surface area (Å²) in [7, 11) is 1.48. The summed E-state index contributed by atoms with van der Waals surface area (Å²) >= 11 is 0. The molecule has 0 fully saturated rings. The number of ketones is 1. The van der Waals surface area contributed by atoms with Crippen molar-refractivity contribution in [1.82, 2.24) is 0 Å². The van der Waals surface area contributed by atoms with Gasteiger partial charge in [-0.2, -0.15) is 0 Å². The molecule has 0 aromatic heterocycles. The number of para-hydroxylation sites is 1. The Morgan fingerprint density at radius 2 is 1.47 bits per heavy atom. The maximum absolute atomic E-state index is 12.5. The van der Waals surface area contributed by atoms with Gasteiger partial charge in [0, 0.05) is 25.5 Å². The lowest BCUT2D eigenvalue weighted by Crippen LogP contribution is -2.27. The number of methoxy groups -OCH3 is 1. The second kappa shape index (κ2) is 13.2. The summed E-state index contributed by atoms with van der Waals surface area (Å²) in [6.45, 7) is 2.51. The molecule has 6 heteroatoms. The van der Waals surface area contributed by atoms with E-state index < -0.39 is 6.10 Å². The molecule has 0 aliphatic rings. The summed E-state index contributed by atoms with van der Waals surface area (Å²) in [4.78, 5) is 24.4. The van der Waals surface area contributed by atoms with E-state index in [1.54, 1.807) is 19.1 Å². The lowest BCUT2D eigenvalue weighted by Gasteiger charge is -2.14. The largest absolute Gasteiger partial charge is 0.494 e. The quantitative estimate of drug-likeness (QED) is 0.186. The van der Waals surface area contributed by atoms with E-state index in [1.807, 2.05) is 66.7 Å². The van der Waals surface area contributed by atoms with Crippen molar-refractivity contribution >= 4 is 11.8 Å². The van der Waals surface area contributed by atoms with Gasteiger partial charge in [-0.25, -0.2) is 4.79 Å². The minimum atomic E-state index is -0.655. The van der Waals surface area contributed by atoms with E-state index in [4.69, 9.17) is 18.9 Å². The predicted octanol–water partition coefficient (Wildman–Crippen LogP) is 5.64. The average molecular weight is 463 g/mol. The standard InChI is InChI=1S/C28H30O6/c1-3-32-28(30)27(31-2)20-21-11-13-22(14-12-21)26(29)10-7-19-33-23-15-17-25(18-16-23)34-24-8-5-4-6-9-24/h4-6,8-9,11-18,27H,3,7,10,19-20H2,1-2H3. The van der Waals surface area contributed by atoms with Crippen LogP contribution in [-0.4, -0.2) is 38.2 Å². The second-order valence-electron chi connectivity index (χ2n) is 7.64. The van der Waals surface area contributed by atoms with Gasteiger partial charge < -0.3 is 18.9 Å². The number of carbonyl (C=O) groups is 2. The molecule has 3 aromatic rings. The van der Waals surface area contributed by atoms with Gasteiger partial charge in [-0.3, -0.25) is 4.79 Å². The Balaban J connectivity index is 1.40. The highest BCUT2D eigenvalue weighted by atomic mass is 16.6. The van der Waals surface area contributed by atoms with E-state index >= 15 is 0 Å². The van der Waals surface area contributed by atoms with Crippen molar-refractivity contribution in [2.75, 3.05) is 20.3 Å². The average Bonchev–Trinajstić information content (AvgIpc) is 2.87. The van der Waals surface area contributed by atoms with E-state index in [2.05, 4.69) is 0 Å². The topological polar surface area (TPSA) is 71.1 Å². The fourth-order valence-electron chi connectivity index (χ4n) is 3.33. The number of hydrogen-bond donors (Lipinski definition) is 0. The summed E-state index contributed by atoms with van der Waals surface area (Å²) in [6, 6.07) is 24.2. The van der Waals surface area contributed by atoms with Gasteiger partial charge in [0.25, 0.3) is 0 Å². The third-order valence-corrected chi connectivity index (χ3v) is 5.15. The van der Waals surface area contributed by atoms with Crippen molar-refractivity contribution in [1.29, 1.82) is 0 Å². The van der Waals surface area contributed by atoms with Crippen LogP contribution < -0.4 is 9.47 Å². The first-order chi connectivity index (χ1) is 16.6. The number of Topliss-reactive ketones (excluding diaryl/α,β-unsaturated/α-hetero) is 1. The van der Waals surface area contributed by atoms with Crippen molar-refractivity contribution in [3.63, 3.8) is 0 Å². The highest BCUT2D eigenvalue weighted by molar-refractivity contribution is 5.96. The molecule has 0 bridgehead atoms. The van der Waals surface area contributed by atoms with E-state index in [0.717, 1.165) is 22.8 Å². The predicted molar refractivity (Wildman–Crippen MR) is 130 cm³/mol. The molecule has 0 spiro atoms. The molecule has 0 heterocycles. The van der Waals surface area contributed by atoms with Crippen LogP contribution in [0.4, 0.5) is 0 Å². The maximum Gasteiger partial charge on any atom is 0.335 e. The van der Waals surface area contributed by atoms with E-state index in [0.29, 0.717) is 38.0 Å². The molecule has 34 heavy (non-hydrogen) atoms. The number of rotatable bonds is 13. The van der Waals surface area contributed by atoms with Crippen LogP contribution in [0.15, 0.2) is 78.9 Å². The number of ether oxygens (including phenoxy) is 4. The first-order valence-corrected chi connectivity index (χ1v) is 11.4. The molecule has 0 radical (unpaired) electrons. The van der Waals surface area contributed by atoms with Crippen molar-refractivity contribution < 1.29 is 28.5 Å². The summed E-state index contributed by atoms with van der Waals surface area (Å²) in [5, 5.41) is 0. The summed E-state index contributed by atoms with van der Waals surface area (Å²) in [6.07, 6.45) is 0.736. The van der Waals surface area contributed by atoms with Crippen LogP contribution in [0.3, 0.4) is 0 Å². The Bertz CT molecular complexity index is 1030. The third kappa shape index (κ3) is 7.74. The van der Waals surface area contributed by atoms with Gasteiger partial charge in [-0.15, -0.1) is 0 Å². The van der Waals surface area contributed by atoms with Gasteiger partial charge in [0.05, 0.1) is 13.2 Å². The summed E-state index contributed by atoms with van der Waals surface area (Å²) < 4.78 is 21.7. The highest BCUT2D eigenvalue weighted by Gasteiger charge is 2.19. The first kappa shape index (κ1) is 25.0. The second-order valence-corrected chi connectivity index (χ2v) is 7.64. The van der Waals surface area contributed by atoms with Crippen LogP contribution in [0.25, 0.3) is 0 Å². The zero-order valence-electron chi connectivity index (χ0n) is 19.6. The van der Waals surface area contributed by atoms with Crippen molar-refractivity contribution in [3.8, 4) is 17.2 Å². The number of benzene rings is 3. The van der Waals surface area contributed by atoms with Crippen LogP contribution >= 0.6 is 0 Å². The lowest BCUT2D eigenvalue weighted by molar-refractivity contribution is -0.154. The maximum atomic E-state index is 12.5. The minimum absolute atomic E-state index is 0.0513. The van der Waals surface area contributed by atoms with Crippen LogP contribution in [0, 0.1) is 0 Å². The molecule has 1 atom stereocenters. The Morgan fingerprint density at radius 3 is 2.12 bits per heavy atom. The van der Waals surface area contributed by atoms with Crippen LogP contribution in [0.5, 0.6) is 17.2 Å². The van der Waals surface area contributed by atoms with Gasteiger partial charge in [0.15, 0.2) is 11.9 Å². The minimum Gasteiger partial charge on any atom is -0.494 e. The molecule has 1 unspecified atom stereocenters. The molecule has 6 nitrogen and oxygen atoms in total. The Morgan fingerprint density at radius 1 is 0.824 bits per heavy atom. The number of hydrogen-bond acceptors (Lipinski definition) is 6. The monoisotopic (exact) mass is 462 g/mol. The highest BCUT2D eigenvalue weighted by Crippen LogP contribution is 2.23. The van der Waals surface area contributed by atoms with E-state index in [9.17, 15) is 9.59 Å². The van der Waals surface area contributed by atoms with E-state index in [1.165, 1.54) is 7.11 Å². The molecule has 0 amide bonds. The van der Waals surface area contributed by atoms with Gasteiger partial charge >= 0.3 is 5.97 Å². The summed E-state index contributed by atoms with van der Waals surface area (Å²) in [5.74, 6) is 1.90. The van der Waals surface area contributed by atoms with Gasteiger partial charge in [0.2, 0.25) is 0 Å². The zero-order chi connectivity index (χ0) is 24.2. The SMILES string of the molecule is CCOC(=O)C(Cc1ccc(C(=O)CCCOc2ccc(Oc3ccccc3)cc2)cc1)OC. The molecule has 0 saturated heterocycles.